The molecule has 0 saturated carbocycles. The maximum atomic E-state index is 13.3. The van der Waals surface area contributed by atoms with Crippen molar-refractivity contribution in [1.82, 2.24) is 9.97 Å². The molecule has 0 aliphatic heterocycles. The highest BCUT2D eigenvalue weighted by Crippen LogP contribution is 2.30. The van der Waals surface area contributed by atoms with E-state index >= 15 is 0 Å². The van der Waals surface area contributed by atoms with Gasteiger partial charge in [0.05, 0.1) is 16.9 Å². The van der Waals surface area contributed by atoms with Crippen LogP contribution in [0, 0.1) is 11.6 Å². The number of nitrogens with one attached hydrogen (secondary N) is 1. The van der Waals surface area contributed by atoms with Crippen molar-refractivity contribution in [3.05, 3.63) is 77.1 Å². The standard InChI is InChI=1S/C20H15ClF2N4O2/c1-2-16-19(24)25-9-17(27-16)14-4-3-13(8-15(14)21)26-20(29)18(28)10-5-11(22)7-12(23)6-10/h2-9,18,28H,1H2,(H2,24,25)(H,26,29). The zero-order valence-corrected chi connectivity index (χ0v) is 15.6. The maximum Gasteiger partial charge on any atom is 0.257 e. The average Bonchev–Trinajstić information content (AvgIpc) is 2.67. The number of halogens is 3. The minimum Gasteiger partial charge on any atom is -0.382 e. The van der Waals surface area contributed by atoms with Gasteiger partial charge in [-0.3, -0.25) is 4.79 Å². The summed E-state index contributed by atoms with van der Waals surface area (Å²) in [6, 6.07) is 6.97. The first kappa shape index (κ1) is 20.4. The van der Waals surface area contributed by atoms with Gasteiger partial charge in [-0.15, -0.1) is 0 Å². The molecule has 2 aromatic carbocycles. The van der Waals surface area contributed by atoms with Gasteiger partial charge in [-0.1, -0.05) is 18.2 Å². The highest BCUT2D eigenvalue weighted by molar-refractivity contribution is 6.33. The van der Waals surface area contributed by atoms with E-state index in [1.807, 2.05) is 0 Å². The van der Waals surface area contributed by atoms with E-state index in [1.54, 1.807) is 6.07 Å². The topological polar surface area (TPSA) is 101 Å². The van der Waals surface area contributed by atoms with Crippen molar-refractivity contribution in [1.29, 1.82) is 0 Å². The van der Waals surface area contributed by atoms with Gasteiger partial charge in [0.2, 0.25) is 0 Å². The fourth-order valence-electron chi connectivity index (χ4n) is 2.59. The molecular weight excluding hydrogens is 402 g/mol. The summed E-state index contributed by atoms with van der Waals surface area (Å²) in [6.07, 6.45) is 1.14. The number of amides is 1. The molecule has 3 aromatic rings. The Kier molecular flexibility index (Phi) is 5.86. The molecule has 0 spiro atoms. The van der Waals surface area contributed by atoms with E-state index in [2.05, 4.69) is 21.9 Å². The van der Waals surface area contributed by atoms with Crippen molar-refractivity contribution in [3.63, 3.8) is 0 Å². The number of nitrogens with two attached hydrogens (primary N) is 1. The number of carbonyl (C=O) groups is 1. The smallest absolute Gasteiger partial charge is 0.257 e. The first-order valence-corrected chi connectivity index (χ1v) is 8.66. The Bertz CT molecular complexity index is 1090. The molecule has 1 unspecified atom stereocenters. The van der Waals surface area contributed by atoms with Crippen LogP contribution in [0.3, 0.4) is 0 Å². The molecule has 1 aromatic heterocycles. The summed E-state index contributed by atoms with van der Waals surface area (Å²) in [5.41, 5.74) is 7.14. The van der Waals surface area contributed by atoms with E-state index < -0.39 is 23.6 Å². The SMILES string of the molecule is C=Cc1nc(-c2ccc(NC(=O)C(O)c3cc(F)cc(F)c3)cc2Cl)cnc1N. The van der Waals surface area contributed by atoms with Crippen LogP contribution in [-0.4, -0.2) is 21.0 Å². The number of rotatable bonds is 5. The first-order valence-electron chi connectivity index (χ1n) is 8.28. The van der Waals surface area contributed by atoms with Crippen LogP contribution >= 0.6 is 11.6 Å². The molecule has 0 aliphatic rings. The number of hydrogen-bond donors (Lipinski definition) is 3. The van der Waals surface area contributed by atoms with Crippen molar-refractivity contribution >= 4 is 35.1 Å². The zero-order valence-electron chi connectivity index (χ0n) is 14.9. The van der Waals surface area contributed by atoms with Gasteiger partial charge in [0.1, 0.15) is 23.1 Å². The van der Waals surface area contributed by atoms with Crippen LogP contribution < -0.4 is 11.1 Å². The number of carbonyl (C=O) groups excluding carboxylic acids is 1. The molecule has 1 heterocycles. The van der Waals surface area contributed by atoms with E-state index in [4.69, 9.17) is 17.3 Å². The summed E-state index contributed by atoms with van der Waals surface area (Å²) in [5.74, 6) is -2.45. The third-order valence-electron chi connectivity index (χ3n) is 3.98. The van der Waals surface area contributed by atoms with Crippen LogP contribution in [0.5, 0.6) is 0 Å². The summed E-state index contributed by atoms with van der Waals surface area (Å²) in [6.45, 7) is 3.61. The van der Waals surface area contributed by atoms with Gasteiger partial charge in [0.15, 0.2) is 6.10 Å². The molecule has 0 saturated heterocycles. The summed E-state index contributed by atoms with van der Waals surface area (Å²) in [4.78, 5) is 20.6. The predicted octanol–water partition coefficient (Wildman–Crippen LogP) is 3.97. The van der Waals surface area contributed by atoms with Crippen molar-refractivity contribution in [2.45, 2.75) is 6.10 Å². The van der Waals surface area contributed by atoms with Crippen LogP contribution in [0.2, 0.25) is 5.02 Å². The highest BCUT2D eigenvalue weighted by Gasteiger charge is 2.20. The van der Waals surface area contributed by atoms with E-state index in [-0.39, 0.29) is 22.1 Å². The van der Waals surface area contributed by atoms with Gasteiger partial charge in [-0.2, -0.15) is 0 Å². The summed E-state index contributed by atoms with van der Waals surface area (Å²) >= 11 is 6.28. The molecule has 0 bridgehead atoms. The molecule has 6 nitrogen and oxygen atoms in total. The van der Waals surface area contributed by atoms with Crippen LogP contribution in [0.4, 0.5) is 20.3 Å². The largest absolute Gasteiger partial charge is 0.382 e. The second-order valence-corrected chi connectivity index (χ2v) is 6.43. The number of benzene rings is 2. The molecular formula is C20H15ClF2N4O2. The normalized spacial score (nSPS) is 11.7. The Morgan fingerprint density at radius 1 is 1.24 bits per heavy atom. The number of nitrogen functional groups attached to an aromatic ring is 1. The first-order chi connectivity index (χ1) is 13.8. The molecule has 0 aliphatic carbocycles. The lowest BCUT2D eigenvalue weighted by molar-refractivity contribution is -0.124. The minimum atomic E-state index is -1.77. The Morgan fingerprint density at radius 3 is 2.55 bits per heavy atom. The summed E-state index contributed by atoms with van der Waals surface area (Å²) in [5, 5.41) is 12.8. The Balaban J connectivity index is 1.81. The molecule has 4 N–H and O–H groups in total. The van der Waals surface area contributed by atoms with Crippen molar-refractivity contribution in [3.8, 4) is 11.3 Å². The van der Waals surface area contributed by atoms with E-state index in [1.165, 1.54) is 24.4 Å². The van der Waals surface area contributed by atoms with Gasteiger partial charge in [0.25, 0.3) is 5.91 Å². The molecule has 9 heteroatoms. The highest BCUT2D eigenvalue weighted by atomic mass is 35.5. The Morgan fingerprint density at radius 2 is 1.93 bits per heavy atom. The minimum absolute atomic E-state index is 0.211. The van der Waals surface area contributed by atoms with Gasteiger partial charge >= 0.3 is 0 Å². The number of nitrogens with zero attached hydrogens (tertiary/aromatic N) is 2. The van der Waals surface area contributed by atoms with Gasteiger partial charge in [-0.05, 0) is 42.0 Å². The van der Waals surface area contributed by atoms with Gasteiger partial charge in [-0.25, -0.2) is 18.7 Å². The van der Waals surface area contributed by atoms with Crippen LogP contribution in [0.25, 0.3) is 17.3 Å². The molecule has 1 atom stereocenters. The monoisotopic (exact) mass is 416 g/mol. The van der Waals surface area contributed by atoms with E-state index in [0.717, 1.165) is 12.1 Å². The van der Waals surface area contributed by atoms with Gasteiger partial charge < -0.3 is 16.2 Å². The summed E-state index contributed by atoms with van der Waals surface area (Å²) < 4.78 is 26.6. The van der Waals surface area contributed by atoms with E-state index in [0.29, 0.717) is 23.0 Å². The van der Waals surface area contributed by atoms with Crippen molar-refractivity contribution in [2.24, 2.45) is 0 Å². The lowest BCUT2D eigenvalue weighted by Gasteiger charge is -2.13. The quantitative estimate of drug-likeness (QED) is 0.584. The predicted molar refractivity (Wildman–Crippen MR) is 107 cm³/mol. The Hall–Kier alpha value is -3.36. The Labute approximate surface area is 169 Å². The van der Waals surface area contributed by atoms with Crippen molar-refractivity contribution in [2.75, 3.05) is 11.1 Å². The maximum absolute atomic E-state index is 13.3. The third kappa shape index (κ3) is 4.56. The zero-order chi connectivity index (χ0) is 21.1. The number of aliphatic hydroxyl groups is 1. The van der Waals surface area contributed by atoms with Crippen LogP contribution in [-0.2, 0) is 4.79 Å². The van der Waals surface area contributed by atoms with Crippen LogP contribution in [0.15, 0.2) is 49.2 Å². The number of hydrogen-bond acceptors (Lipinski definition) is 5. The molecule has 3 rings (SSSR count). The number of anilines is 2. The fourth-order valence-corrected chi connectivity index (χ4v) is 2.87. The number of aliphatic hydroxyl groups excluding tert-OH is 1. The van der Waals surface area contributed by atoms with Crippen molar-refractivity contribution < 1.29 is 18.7 Å². The van der Waals surface area contributed by atoms with Gasteiger partial charge in [0, 0.05) is 17.3 Å². The molecule has 0 fully saturated rings. The lowest BCUT2D eigenvalue weighted by Crippen LogP contribution is -2.21. The van der Waals surface area contributed by atoms with E-state index in [9.17, 15) is 18.7 Å². The fraction of sp³-hybridized carbons (Fsp3) is 0.0500. The average molecular weight is 417 g/mol. The van der Waals surface area contributed by atoms with Crippen LogP contribution in [0.1, 0.15) is 17.4 Å². The molecule has 29 heavy (non-hydrogen) atoms. The molecule has 0 radical (unpaired) electrons. The second kappa shape index (κ2) is 8.34. The summed E-state index contributed by atoms with van der Waals surface area (Å²) in [7, 11) is 0. The lowest BCUT2D eigenvalue weighted by atomic mass is 10.1. The molecule has 148 valence electrons. The second-order valence-electron chi connectivity index (χ2n) is 6.02. The number of aromatic nitrogens is 2. The third-order valence-corrected chi connectivity index (χ3v) is 4.30. The molecule has 1 amide bonds.